The van der Waals surface area contributed by atoms with E-state index in [1.165, 1.54) is 0 Å². The number of aryl methyl sites for hydroxylation is 1. The van der Waals surface area contributed by atoms with E-state index < -0.39 is 5.97 Å². The normalized spacial score (nSPS) is 23.4. The third kappa shape index (κ3) is 2.89. The maximum Gasteiger partial charge on any atom is 0.337 e. The fraction of sp³-hybridized carbons (Fsp3) is 0.533. The minimum absolute atomic E-state index is 0.163. The van der Waals surface area contributed by atoms with E-state index in [0.29, 0.717) is 11.5 Å². The fourth-order valence-corrected chi connectivity index (χ4v) is 2.64. The van der Waals surface area contributed by atoms with Gasteiger partial charge in [-0.25, -0.2) is 4.79 Å². The van der Waals surface area contributed by atoms with Crippen LogP contribution in [0.25, 0.3) is 0 Å². The molecule has 0 saturated carbocycles. The Morgan fingerprint density at radius 3 is 2.84 bits per heavy atom. The lowest BCUT2D eigenvalue weighted by Gasteiger charge is -2.38. The third-order valence-corrected chi connectivity index (χ3v) is 3.92. The van der Waals surface area contributed by atoms with Crippen LogP contribution in [0.5, 0.6) is 0 Å². The van der Waals surface area contributed by atoms with E-state index in [1.54, 1.807) is 13.2 Å². The minimum Gasteiger partial charge on any atom is -0.478 e. The van der Waals surface area contributed by atoms with E-state index >= 15 is 0 Å². The summed E-state index contributed by atoms with van der Waals surface area (Å²) in [5.41, 5.74) is 2.25. The summed E-state index contributed by atoms with van der Waals surface area (Å²) in [4.78, 5) is 13.5. The van der Waals surface area contributed by atoms with Gasteiger partial charge in [-0.15, -0.1) is 0 Å². The second-order valence-electron chi connectivity index (χ2n) is 5.31. The summed E-state index contributed by atoms with van der Waals surface area (Å²) in [5.74, 6) is -0.359. The summed E-state index contributed by atoms with van der Waals surface area (Å²) < 4.78 is 5.50. The Labute approximate surface area is 114 Å². The number of methoxy groups -OCH3 is 1. The van der Waals surface area contributed by atoms with E-state index in [4.69, 9.17) is 4.74 Å². The lowest BCUT2D eigenvalue weighted by atomic mass is 9.94. The van der Waals surface area contributed by atoms with Crippen LogP contribution in [0, 0.1) is 12.8 Å². The highest BCUT2D eigenvalue weighted by Crippen LogP contribution is 2.28. The molecule has 0 aromatic heterocycles. The molecule has 1 aliphatic heterocycles. The number of benzene rings is 1. The molecule has 1 saturated heterocycles. The number of anilines is 1. The van der Waals surface area contributed by atoms with Crippen LogP contribution < -0.4 is 4.90 Å². The zero-order valence-electron chi connectivity index (χ0n) is 11.7. The first-order valence-electron chi connectivity index (χ1n) is 6.64. The molecule has 19 heavy (non-hydrogen) atoms. The van der Waals surface area contributed by atoms with Gasteiger partial charge in [0, 0.05) is 20.2 Å². The number of ether oxygens (including phenoxy) is 1. The van der Waals surface area contributed by atoms with E-state index in [1.807, 2.05) is 19.1 Å². The first-order chi connectivity index (χ1) is 9.02. The first-order valence-corrected chi connectivity index (χ1v) is 6.64. The molecule has 0 spiro atoms. The van der Waals surface area contributed by atoms with Crippen molar-refractivity contribution < 1.29 is 14.6 Å². The highest BCUT2D eigenvalue weighted by molar-refractivity contribution is 5.94. The van der Waals surface area contributed by atoms with Crippen molar-refractivity contribution in [2.24, 2.45) is 5.92 Å². The van der Waals surface area contributed by atoms with Crippen LogP contribution in [0.4, 0.5) is 5.69 Å². The zero-order chi connectivity index (χ0) is 14.0. The van der Waals surface area contributed by atoms with Gasteiger partial charge in [-0.05, 0) is 37.0 Å². The van der Waals surface area contributed by atoms with Gasteiger partial charge in [-0.2, -0.15) is 0 Å². The highest BCUT2D eigenvalue weighted by Gasteiger charge is 2.28. The van der Waals surface area contributed by atoms with Crippen LogP contribution in [0.1, 0.15) is 29.3 Å². The Hall–Kier alpha value is -1.55. The number of carbonyl (C=O) groups is 1. The third-order valence-electron chi connectivity index (χ3n) is 3.92. The van der Waals surface area contributed by atoms with Gasteiger partial charge in [0.2, 0.25) is 0 Å². The Morgan fingerprint density at radius 1 is 1.47 bits per heavy atom. The van der Waals surface area contributed by atoms with E-state index in [0.717, 1.165) is 30.8 Å². The molecule has 104 valence electrons. The number of rotatable bonds is 3. The maximum atomic E-state index is 11.3. The van der Waals surface area contributed by atoms with E-state index in [-0.39, 0.29) is 6.10 Å². The maximum absolute atomic E-state index is 11.3. The number of piperidine rings is 1. The Balaban J connectivity index is 2.31. The summed E-state index contributed by atoms with van der Waals surface area (Å²) >= 11 is 0. The van der Waals surface area contributed by atoms with Gasteiger partial charge in [0.1, 0.15) is 0 Å². The first kappa shape index (κ1) is 13.9. The molecular formula is C15H21NO3. The van der Waals surface area contributed by atoms with Crippen LogP contribution in [-0.4, -0.2) is 37.4 Å². The van der Waals surface area contributed by atoms with Crippen molar-refractivity contribution in [1.82, 2.24) is 0 Å². The zero-order valence-corrected chi connectivity index (χ0v) is 11.7. The summed E-state index contributed by atoms with van der Waals surface area (Å²) in [6.45, 7) is 5.79. The number of hydrogen-bond donors (Lipinski definition) is 1. The van der Waals surface area contributed by atoms with Crippen molar-refractivity contribution in [3.05, 3.63) is 29.3 Å². The number of hydrogen-bond acceptors (Lipinski definition) is 3. The number of nitrogens with zero attached hydrogens (tertiary/aromatic N) is 1. The highest BCUT2D eigenvalue weighted by atomic mass is 16.5. The molecule has 0 amide bonds. The van der Waals surface area contributed by atoms with Gasteiger partial charge in [-0.1, -0.05) is 13.0 Å². The molecule has 1 N–H and O–H groups in total. The molecule has 0 bridgehead atoms. The second kappa shape index (κ2) is 5.61. The fourth-order valence-electron chi connectivity index (χ4n) is 2.64. The van der Waals surface area contributed by atoms with Gasteiger partial charge in [0.05, 0.1) is 17.4 Å². The van der Waals surface area contributed by atoms with Crippen LogP contribution in [0.3, 0.4) is 0 Å². The largest absolute Gasteiger partial charge is 0.478 e. The van der Waals surface area contributed by atoms with Crippen molar-refractivity contribution in [3.63, 3.8) is 0 Å². The Bertz CT molecular complexity index is 472. The van der Waals surface area contributed by atoms with Gasteiger partial charge in [0.15, 0.2) is 0 Å². The van der Waals surface area contributed by atoms with Crippen molar-refractivity contribution in [1.29, 1.82) is 0 Å². The molecule has 2 unspecified atom stereocenters. The molecule has 0 aliphatic carbocycles. The molecule has 0 radical (unpaired) electrons. The van der Waals surface area contributed by atoms with Crippen molar-refractivity contribution in [3.8, 4) is 0 Å². The van der Waals surface area contributed by atoms with Crippen molar-refractivity contribution >= 4 is 11.7 Å². The van der Waals surface area contributed by atoms with Gasteiger partial charge in [-0.3, -0.25) is 0 Å². The Kier molecular flexibility index (Phi) is 4.10. The molecule has 1 aromatic carbocycles. The number of carboxylic acids is 1. The molecule has 2 atom stereocenters. The molecule has 1 aromatic rings. The van der Waals surface area contributed by atoms with Crippen LogP contribution in [0.15, 0.2) is 18.2 Å². The summed E-state index contributed by atoms with van der Waals surface area (Å²) in [6.07, 6.45) is 1.18. The lowest BCUT2D eigenvalue weighted by molar-refractivity contribution is 0.0496. The van der Waals surface area contributed by atoms with Crippen molar-refractivity contribution in [2.45, 2.75) is 26.4 Å². The predicted molar refractivity (Wildman–Crippen MR) is 74.9 cm³/mol. The molecule has 1 heterocycles. The van der Waals surface area contributed by atoms with Crippen molar-refractivity contribution in [2.75, 3.05) is 25.1 Å². The average Bonchev–Trinajstić information content (AvgIpc) is 2.38. The monoisotopic (exact) mass is 263 g/mol. The van der Waals surface area contributed by atoms with Gasteiger partial charge < -0.3 is 14.7 Å². The summed E-state index contributed by atoms with van der Waals surface area (Å²) in [6, 6.07) is 5.48. The quantitative estimate of drug-likeness (QED) is 0.910. The smallest absolute Gasteiger partial charge is 0.337 e. The van der Waals surface area contributed by atoms with Gasteiger partial charge in [0.25, 0.3) is 0 Å². The molecule has 4 heteroatoms. The standard InChI is InChI=1S/C15H21NO3/c1-10-4-5-12(15(17)18)13(8-10)16-7-6-11(2)14(9-16)19-3/h4-5,8,11,14H,6-7,9H2,1-3H3,(H,17,18). The van der Waals surface area contributed by atoms with E-state index in [9.17, 15) is 9.90 Å². The van der Waals surface area contributed by atoms with E-state index in [2.05, 4.69) is 11.8 Å². The minimum atomic E-state index is -0.873. The number of carboxylic acid groups (broad SMARTS) is 1. The molecule has 2 rings (SSSR count). The summed E-state index contributed by atoms with van der Waals surface area (Å²) in [7, 11) is 1.72. The topological polar surface area (TPSA) is 49.8 Å². The second-order valence-corrected chi connectivity index (χ2v) is 5.31. The lowest BCUT2D eigenvalue weighted by Crippen LogP contribution is -2.44. The van der Waals surface area contributed by atoms with Crippen LogP contribution >= 0.6 is 0 Å². The summed E-state index contributed by atoms with van der Waals surface area (Å²) in [5, 5.41) is 9.30. The predicted octanol–water partition coefficient (Wildman–Crippen LogP) is 2.55. The van der Waals surface area contributed by atoms with Crippen LogP contribution in [0.2, 0.25) is 0 Å². The number of aromatic carboxylic acids is 1. The molecule has 1 aliphatic rings. The average molecular weight is 263 g/mol. The SMILES string of the molecule is COC1CN(c2cc(C)ccc2C(=O)O)CCC1C. The molecule has 4 nitrogen and oxygen atoms in total. The Morgan fingerprint density at radius 2 is 2.21 bits per heavy atom. The molecule has 1 fully saturated rings. The van der Waals surface area contributed by atoms with Gasteiger partial charge >= 0.3 is 5.97 Å². The molecular weight excluding hydrogens is 242 g/mol. The van der Waals surface area contributed by atoms with Crippen LogP contribution in [-0.2, 0) is 4.74 Å².